The van der Waals surface area contributed by atoms with Crippen molar-refractivity contribution in [3.63, 3.8) is 0 Å². The quantitative estimate of drug-likeness (QED) is 0.736. The molecule has 0 N–H and O–H groups in total. The third-order valence-electron chi connectivity index (χ3n) is 4.08. The highest BCUT2D eigenvalue weighted by Gasteiger charge is 2.15. The van der Waals surface area contributed by atoms with Crippen LogP contribution in [-0.4, -0.2) is 9.55 Å². The molecule has 0 atom stereocenters. The van der Waals surface area contributed by atoms with Crippen molar-refractivity contribution in [3.05, 3.63) is 28.1 Å². The van der Waals surface area contributed by atoms with Gasteiger partial charge in [-0.05, 0) is 49.9 Å². The van der Waals surface area contributed by atoms with Crippen LogP contribution in [0.4, 0.5) is 0 Å². The number of fused-ring (bicyclic) bond motifs is 1. The second-order valence-electron chi connectivity index (χ2n) is 4.99. The van der Waals surface area contributed by atoms with Gasteiger partial charge >= 0.3 is 0 Å². The Hall–Kier alpha value is -1.75. The normalized spacial score (nSPS) is 10.9. The van der Waals surface area contributed by atoms with Crippen molar-refractivity contribution in [2.45, 2.75) is 40.5 Å². The Morgan fingerprint density at radius 3 is 2.28 bits per heavy atom. The number of aromatic nitrogens is 2. The zero-order chi connectivity index (χ0) is 13.4. The van der Waals surface area contributed by atoms with Crippen LogP contribution in [0.15, 0.2) is 0 Å². The first-order valence-electron chi connectivity index (χ1n) is 6.34. The Morgan fingerprint density at radius 2 is 1.67 bits per heavy atom. The first-order valence-corrected chi connectivity index (χ1v) is 6.34. The Balaban J connectivity index is 2.77. The van der Waals surface area contributed by atoms with Crippen LogP contribution in [0.3, 0.4) is 0 Å². The van der Waals surface area contributed by atoms with Gasteiger partial charge in [-0.2, -0.15) is 0 Å². The number of aryl methyl sites for hydroxylation is 4. The number of imidazole rings is 1. The van der Waals surface area contributed by atoms with Crippen molar-refractivity contribution in [3.8, 4) is 12.3 Å². The average molecular weight is 240 g/mol. The Kier molecular flexibility index (Phi) is 3.17. The molecule has 2 aromatic rings. The molecule has 1 aromatic carbocycles. The van der Waals surface area contributed by atoms with Gasteiger partial charge in [0.2, 0.25) is 0 Å². The Morgan fingerprint density at radius 1 is 1.06 bits per heavy atom. The van der Waals surface area contributed by atoms with Crippen molar-refractivity contribution in [1.29, 1.82) is 0 Å². The van der Waals surface area contributed by atoms with E-state index in [0.717, 1.165) is 24.2 Å². The fourth-order valence-corrected chi connectivity index (χ4v) is 2.56. The zero-order valence-corrected chi connectivity index (χ0v) is 11.9. The summed E-state index contributed by atoms with van der Waals surface area (Å²) in [7, 11) is 2.09. The number of hydrogen-bond acceptors (Lipinski definition) is 1. The Labute approximate surface area is 109 Å². The molecule has 0 bridgehead atoms. The van der Waals surface area contributed by atoms with Crippen LogP contribution in [0.25, 0.3) is 11.0 Å². The number of benzene rings is 1. The van der Waals surface area contributed by atoms with Gasteiger partial charge in [-0.1, -0.05) is 0 Å². The van der Waals surface area contributed by atoms with E-state index in [0.29, 0.717) is 0 Å². The van der Waals surface area contributed by atoms with E-state index >= 15 is 0 Å². The van der Waals surface area contributed by atoms with E-state index in [2.05, 4.69) is 45.2 Å². The lowest BCUT2D eigenvalue weighted by Crippen LogP contribution is -1.99. The summed E-state index contributed by atoms with van der Waals surface area (Å²) in [5, 5.41) is 0. The maximum absolute atomic E-state index is 5.34. The summed E-state index contributed by atoms with van der Waals surface area (Å²) < 4.78 is 2.20. The van der Waals surface area contributed by atoms with Crippen molar-refractivity contribution in [2.75, 3.05) is 0 Å². The standard InChI is InChI=1S/C16H20N2/c1-7-8-9-14-17-15-12(4)10(2)11(3)13(5)16(15)18(14)6/h1H,8-9H2,2-6H3. The SMILES string of the molecule is C#CCCc1nc2c(C)c(C)c(C)c(C)c2n1C. The molecule has 1 aromatic heterocycles. The van der Waals surface area contributed by atoms with E-state index in [1.807, 2.05) is 0 Å². The van der Waals surface area contributed by atoms with Gasteiger partial charge in [0.25, 0.3) is 0 Å². The fourth-order valence-electron chi connectivity index (χ4n) is 2.56. The largest absolute Gasteiger partial charge is 0.331 e. The minimum absolute atomic E-state index is 0.743. The maximum atomic E-state index is 5.34. The molecule has 0 aliphatic heterocycles. The molecule has 0 radical (unpaired) electrons. The van der Waals surface area contributed by atoms with Gasteiger partial charge in [0.15, 0.2) is 0 Å². The van der Waals surface area contributed by atoms with Crippen LogP contribution in [0.2, 0.25) is 0 Å². The van der Waals surface area contributed by atoms with E-state index in [-0.39, 0.29) is 0 Å². The summed E-state index contributed by atoms with van der Waals surface area (Å²) >= 11 is 0. The van der Waals surface area contributed by atoms with Crippen LogP contribution >= 0.6 is 0 Å². The minimum Gasteiger partial charge on any atom is -0.331 e. The molecule has 18 heavy (non-hydrogen) atoms. The molecule has 0 spiro atoms. The molecular weight excluding hydrogens is 220 g/mol. The molecule has 0 aliphatic carbocycles. The van der Waals surface area contributed by atoms with Gasteiger partial charge in [0, 0.05) is 19.9 Å². The number of nitrogens with zero attached hydrogens (tertiary/aromatic N) is 2. The third kappa shape index (κ3) is 1.71. The predicted octanol–water partition coefficient (Wildman–Crippen LogP) is 3.37. The Bertz CT molecular complexity index is 654. The monoisotopic (exact) mass is 240 g/mol. The molecule has 2 nitrogen and oxygen atoms in total. The average Bonchev–Trinajstić information content (AvgIpc) is 2.69. The van der Waals surface area contributed by atoms with Crippen LogP contribution in [0, 0.1) is 40.0 Å². The van der Waals surface area contributed by atoms with Gasteiger partial charge in [0.05, 0.1) is 11.0 Å². The van der Waals surface area contributed by atoms with Gasteiger partial charge in [0.1, 0.15) is 5.82 Å². The predicted molar refractivity (Wildman–Crippen MR) is 76.8 cm³/mol. The summed E-state index contributed by atoms with van der Waals surface area (Å²) in [5.74, 6) is 3.77. The molecule has 1 heterocycles. The van der Waals surface area contributed by atoms with E-state index in [4.69, 9.17) is 11.4 Å². The summed E-state index contributed by atoms with van der Waals surface area (Å²) in [4.78, 5) is 4.78. The van der Waals surface area contributed by atoms with Gasteiger partial charge in [-0.3, -0.25) is 0 Å². The molecule has 2 heteroatoms. The van der Waals surface area contributed by atoms with Crippen LogP contribution in [-0.2, 0) is 13.5 Å². The molecule has 0 unspecified atom stereocenters. The number of hydrogen-bond donors (Lipinski definition) is 0. The van der Waals surface area contributed by atoms with E-state index < -0.39 is 0 Å². The van der Waals surface area contributed by atoms with Gasteiger partial charge < -0.3 is 4.57 Å². The first-order chi connectivity index (χ1) is 8.49. The highest BCUT2D eigenvalue weighted by Crippen LogP contribution is 2.29. The highest BCUT2D eigenvalue weighted by atomic mass is 15.1. The van der Waals surface area contributed by atoms with Gasteiger partial charge in [-0.15, -0.1) is 12.3 Å². The van der Waals surface area contributed by atoms with Crippen molar-refractivity contribution in [2.24, 2.45) is 7.05 Å². The topological polar surface area (TPSA) is 17.8 Å². The van der Waals surface area contributed by atoms with Crippen LogP contribution in [0.1, 0.15) is 34.5 Å². The second-order valence-corrected chi connectivity index (χ2v) is 4.99. The number of terminal acetylenes is 1. The lowest BCUT2D eigenvalue weighted by atomic mass is 9.97. The summed E-state index contributed by atoms with van der Waals surface area (Å²) in [6.45, 7) is 8.69. The molecule has 0 saturated heterocycles. The zero-order valence-electron chi connectivity index (χ0n) is 11.9. The summed E-state index contributed by atoms with van der Waals surface area (Å²) in [5.41, 5.74) is 7.71. The fraction of sp³-hybridized carbons (Fsp3) is 0.438. The minimum atomic E-state index is 0.743. The lowest BCUT2D eigenvalue weighted by molar-refractivity contribution is 0.802. The van der Waals surface area contributed by atoms with Crippen LogP contribution in [0.5, 0.6) is 0 Å². The van der Waals surface area contributed by atoms with Crippen LogP contribution < -0.4 is 0 Å². The van der Waals surface area contributed by atoms with Crippen molar-refractivity contribution < 1.29 is 0 Å². The van der Waals surface area contributed by atoms with E-state index in [9.17, 15) is 0 Å². The molecule has 94 valence electrons. The molecule has 0 amide bonds. The molecule has 0 fully saturated rings. The summed E-state index contributed by atoms with van der Waals surface area (Å²) in [6.07, 6.45) is 6.93. The van der Waals surface area contributed by atoms with E-state index in [1.54, 1.807) is 0 Å². The highest BCUT2D eigenvalue weighted by molar-refractivity contribution is 5.85. The lowest BCUT2D eigenvalue weighted by Gasteiger charge is -2.11. The molecule has 0 saturated carbocycles. The first kappa shape index (κ1) is 12.7. The van der Waals surface area contributed by atoms with Crippen molar-refractivity contribution in [1.82, 2.24) is 9.55 Å². The van der Waals surface area contributed by atoms with Gasteiger partial charge in [-0.25, -0.2) is 4.98 Å². The van der Waals surface area contributed by atoms with E-state index in [1.165, 1.54) is 27.8 Å². The molecular formula is C16H20N2. The molecule has 0 aliphatic rings. The maximum Gasteiger partial charge on any atom is 0.110 e. The number of rotatable bonds is 2. The third-order valence-corrected chi connectivity index (χ3v) is 4.08. The second kappa shape index (κ2) is 4.49. The van der Waals surface area contributed by atoms with Crippen molar-refractivity contribution >= 4 is 11.0 Å². The smallest absolute Gasteiger partial charge is 0.110 e. The molecule has 2 rings (SSSR count). The summed E-state index contributed by atoms with van der Waals surface area (Å²) in [6, 6.07) is 0.